The highest BCUT2D eigenvalue weighted by Gasteiger charge is 2.29. The molecule has 0 saturated heterocycles. The number of aryl methyl sites for hydroxylation is 3. The molecule has 9 nitrogen and oxygen atoms in total. The van der Waals surface area contributed by atoms with Gasteiger partial charge < -0.3 is 4.90 Å². The van der Waals surface area contributed by atoms with E-state index >= 15 is 0 Å². The van der Waals surface area contributed by atoms with Gasteiger partial charge >= 0.3 is 0 Å². The molecule has 0 atom stereocenters. The van der Waals surface area contributed by atoms with Gasteiger partial charge in [0.25, 0.3) is 11.5 Å². The third kappa shape index (κ3) is 4.21. The number of H-pyrrole nitrogens is 1. The first kappa shape index (κ1) is 25.0. The van der Waals surface area contributed by atoms with Crippen LogP contribution in [-0.2, 0) is 19.4 Å². The first-order valence-corrected chi connectivity index (χ1v) is 13.7. The Hall–Kier alpha value is -5.05. The van der Waals surface area contributed by atoms with Gasteiger partial charge in [-0.3, -0.25) is 14.7 Å². The first-order valence-electron chi connectivity index (χ1n) is 13.7. The maximum atomic E-state index is 13.8. The van der Waals surface area contributed by atoms with Gasteiger partial charge in [0.2, 0.25) is 0 Å². The van der Waals surface area contributed by atoms with E-state index in [9.17, 15) is 9.59 Å². The van der Waals surface area contributed by atoms with E-state index in [4.69, 9.17) is 9.97 Å². The Morgan fingerprint density at radius 2 is 1.78 bits per heavy atom. The summed E-state index contributed by atoms with van der Waals surface area (Å²) < 4.78 is 3.26. The number of hydrogen-bond donors (Lipinski definition) is 1. The van der Waals surface area contributed by atoms with E-state index in [-0.39, 0.29) is 18.0 Å². The van der Waals surface area contributed by atoms with Crippen molar-refractivity contribution in [3.8, 4) is 11.3 Å². The number of carbonyl (C=O) groups excluding carboxylic acids is 1. The summed E-state index contributed by atoms with van der Waals surface area (Å²) in [6.45, 7) is 6.76. The van der Waals surface area contributed by atoms with E-state index in [1.165, 1.54) is 15.6 Å². The predicted octanol–water partition coefficient (Wildman–Crippen LogP) is 4.45. The molecule has 1 aliphatic heterocycles. The van der Waals surface area contributed by atoms with Crippen LogP contribution in [0.3, 0.4) is 0 Å². The second-order valence-electron chi connectivity index (χ2n) is 10.8. The SMILES string of the molecule is Cc1ccc(Cc2c(C)nc3c(C(=O)N4CCc5c(nc6cc(-c7ccccc7)[nH]n6c5=O)C4)cnn3c2C)cc1. The molecular weight excluding hydrogens is 514 g/mol. The highest BCUT2D eigenvalue weighted by atomic mass is 16.2. The molecule has 0 saturated carbocycles. The van der Waals surface area contributed by atoms with Crippen LogP contribution in [0, 0.1) is 20.8 Å². The zero-order valence-electron chi connectivity index (χ0n) is 23.2. The van der Waals surface area contributed by atoms with E-state index in [1.54, 1.807) is 15.6 Å². The lowest BCUT2D eigenvalue weighted by Gasteiger charge is -2.27. The quantitative estimate of drug-likeness (QED) is 0.354. The van der Waals surface area contributed by atoms with Crippen molar-refractivity contribution < 1.29 is 4.79 Å². The average molecular weight is 544 g/mol. The van der Waals surface area contributed by atoms with Crippen molar-refractivity contribution >= 4 is 17.2 Å². The monoisotopic (exact) mass is 543 g/mol. The lowest BCUT2D eigenvalue weighted by Crippen LogP contribution is -2.39. The van der Waals surface area contributed by atoms with Crippen LogP contribution in [0.15, 0.2) is 71.7 Å². The van der Waals surface area contributed by atoms with Crippen LogP contribution in [0.4, 0.5) is 0 Å². The molecule has 7 rings (SSSR count). The van der Waals surface area contributed by atoms with Gasteiger partial charge in [-0.1, -0.05) is 60.2 Å². The largest absolute Gasteiger partial charge is 0.332 e. The molecule has 4 aromatic heterocycles. The third-order valence-electron chi connectivity index (χ3n) is 8.08. The molecule has 6 aromatic rings. The van der Waals surface area contributed by atoms with Gasteiger partial charge in [-0.2, -0.15) is 5.10 Å². The van der Waals surface area contributed by atoms with Crippen molar-refractivity contribution in [2.75, 3.05) is 6.54 Å². The molecule has 0 aliphatic carbocycles. The highest BCUT2D eigenvalue weighted by molar-refractivity contribution is 5.99. The van der Waals surface area contributed by atoms with Crippen molar-refractivity contribution in [3.05, 3.63) is 122 Å². The Morgan fingerprint density at radius 3 is 2.56 bits per heavy atom. The van der Waals surface area contributed by atoms with Crippen molar-refractivity contribution in [1.82, 2.24) is 34.1 Å². The lowest BCUT2D eigenvalue weighted by molar-refractivity contribution is 0.0733. The minimum atomic E-state index is -0.163. The second-order valence-corrected chi connectivity index (χ2v) is 10.8. The van der Waals surface area contributed by atoms with Gasteiger partial charge in [0.05, 0.1) is 24.1 Å². The molecule has 1 amide bonds. The zero-order valence-corrected chi connectivity index (χ0v) is 23.2. The fraction of sp³-hybridized carbons (Fsp3) is 0.219. The molecule has 0 fully saturated rings. The molecule has 2 aromatic carbocycles. The molecule has 1 N–H and O–H groups in total. The molecule has 0 spiro atoms. The zero-order chi connectivity index (χ0) is 28.2. The van der Waals surface area contributed by atoms with Gasteiger partial charge in [0.1, 0.15) is 5.56 Å². The summed E-state index contributed by atoms with van der Waals surface area (Å²) in [7, 11) is 0. The molecule has 41 heavy (non-hydrogen) atoms. The summed E-state index contributed by atoms with van der Waals surface area (Å²) in [5.41, 5.74) is 9.84. The van der Waals surface area contributed by atoms with E-state index < -0.39 is 0 Å². The van der Waals surface area contributed by atoms with Crippen molar-refractivity contribution in [1.29, 1.82) is 0 Å². The molecular formula is C32H29N7O2. The maximum absolute atomic E-state index is 13.8. The lowest BCUT2D eigenvalue weighted by atomic mass is 10.0. The van der Waals surface area contributed by atoms with E-state index in [0.717, 1.165) is 34.6 Å². The number of aromatic amines is 1. The average Bonchev–Trinajstić information content (AvgIpc) is 3.61. The predicted molar refractivity (Wildman–Crippen MR) is 156 cm³/mol. The molecule has 0 bridgehead atoms. The summed E-state index contributed by atoms with van der Waals surface area (Å²) in [4.78, 5) is 38.4. The molecule has 0 unspecified atom stereocenters. The number of benzene rings is 2. The molecule has 5 heterocycles. The van der Waals surface area contributed by atoms with Gasteiger partial charge in [0.15, 0.2) is 11.3 Å². The number of amides is 1. The van der Waals surface area contributed by atoms with Crippen molar-refractivity contribution in [2.24, 2.45) is 0 Å². The Bertz CT molecular complexity index is 2020. The van der Waals surface area contributed by atoms with Crippen molar-refractivity contribution in [3.63, 3.8) is 0 Å². The van der Waals surface area contributed by atoms with E-state index in [2.05, 4.69) is 41.4 Å². The smallest absolute Gasteiger partial charge is 0.276 e. The Kier molecular flexibility index (Phi) is 5.81. The fourth-order valence-electron chi connectivity index (χ4n) is 5.73. The molecule has 204 valence electrons. The molecule has 9 heteroatoms. The summed E-state index contributed by atoms with van der Waals surface area (Å²) in [6.07, 6.45) is 2.78. The van der Waals surface area contributed by atoms with Gasteiger partial charge in [-0.25, -0.2) is 19.0 Å². The van der Waals surface area contributed by atoms with Gasteiger partial charge in [-0.15, -0.1) is 0 Å². The normalized spacial score (nSPS) is 13.2. The Morgan fingerprint density at radius 1 is 1.00 bits per heavy atom. The van der Waals surface area contributed by atoms with E-state index in [1.807, 2.05) is 50.2 Å². The summed E-state index contributed by atoms with van der Waals surface area (Å²) in [6, 6.07) is 20.2. The number of carbonyl (C=O) groups is 1. The standard InChI is InChI=1S/C32H29N7O2/c1-19-9-11-22(12-10-19)15-25-20(2)34-30-26(17-33-38(30)21(25)3)31(40)37-14-13-24-28(18-37)35-29-16-27(36-39(29)32(24)41)23-7-5-4-6-8-23/h4-12,16-17,36H,13-15,18H2,1-3H3. The number of hydrogen-bond acceptors (Lipinski definition) is 5. The van der Waals surface area contributed by atoms with Gasteiger partial charge in [-0.05, 0) is 43.9 Å². The minimum absolute atomic E-state index is 0.121. The Labute approximate surface area is 236 Å². The summed E-state index contributed by atoms with van der Waals surface area (Å²) in [5, 5.41) is 7.74. The highest BCUT2D eigenvalue weighted by Crippen LogP contribution is 2.24. The Balaban J connectivity index is 1.19. The summed E-state index contributed by atoms with van der Waals surface area (Å²) >= 11 is 0. The van der Waals surface area contributed by atoms with Crippen LogP contribution in [0.1, 0.15) is 49.7 Å². The first-order chi connectivity index (χ1) is 19.9. The number of nitrogens with one attached hydrogen (secondary N) is 1. The maximum Gasteiger partial charge on any atom is 0.276 e. The summed E-state index contributed by atoms with van der Waals surface area (Å²) in [5.74, 6) is -0.163. The minimum Gasteiger partial charge on any atom is -0.332 e. The molecule has 0 radical (unpaired) electrons. The topological polar surface area (TPSA) is 101 Å². The third-order valence-corrected chi connectivity index (χ3v) is 8.08. The van der Waals surface area contributed by atoms with Crippen LogP contribution in [0.5, 0.6) is 0 Å². The van der Waals surface area contributed by atoms with Crippen molar-refractivity contribution in [2.45, 2.75) is 40.2 Å². The number of nitrogens with zero attached hydrogens (tertiary/aromatic N) is 6. The van der Waals surface area contributed by atoms with Gasteiger partial charge in [0, 0.05) is 36.0 Å². The fourth-order valence-corrected chi connectivity index (χ4v) is 5.73. The van der Waals surface area contributed by atoms with Crippen LogP contribution < -0.4 is 5.56 Å². The second kappa shape index (κ2) is 9.55. The molecule has 1 aliphatic rings. The van der Waals surface area contributed by atoms with Crippen LogP contribution >= 0.6 is 0 Å². The number of fused-ring (bicyclic) bond motifs is 3. The van der Waals surface area contributed by atoms with E-state index in [0.29, 0.717) is 41.1 Å². The van der Waals surface area contributed by atoms with Crippen LogP contribution in [0.2, 0.25) is 0 Å². The van der Waals surface area contributed by atoms with Crippen LogP contribution in [-0.4, -0.2) is 46.5 Å². The van der Waals surface area contributed by atoms with Crippen LogP contribution in [0.25, 0.3) is 22.6 Å². The number of rotatable bonds is 4. The number of aromatic nitrogens is 6.